The molecule has 0 radical (unpaired) electrons. The number of hydrogen-bond donors (Lipinski definition) is 0. The van der Waals surface area contributed by atoms with Gasteiger partial charge in [-0.15, -0.1) is 0 Å². The Hall–Kier alpha value is -0.750. The zero-order chi connectivity index (χ0) is 15.2. The number of methoxy groups -OCH3 is 1. The number of benzene rings is 1. The summed E-state index contributed by atoms with van der Waals surface area (Å²) in [6, 6.07) is 5.34. The summed E-state index contributed by atoms with van der Waals surface area (Å²) in [5.74, 6) is 0.572. The van der Waals surface area contributed by atoms with Crippen LogP contribution in [-0.2, 0) is 10.2 Å². The van der Waals surface area contributed by atoms with Gasteiger partial charge in [-0.05, 0) is 29.5 Å². The normalized spacial score (nSPS) is 22.8. The second kappa shape index (κ2) is 4.91. The van der Waals surface area contributed by atoms with Crippen molar-refractivity contribution in [2.75, 3.05) is 13.7 Å². The van der Waals surface area contributed by atoms with Crippen molar-refractivity contribution >= 4 is 15.9 Å². The first-order valence-corrected chi connectivity index (χ1v) is 6.95. The molecule has 0 aromatic heterocycles. The van der Waals surface area contributed by atoms with Crippen LogP contribution in [0.2, 0.25) is 0 Å². The fourth-order valence-electron chi connectivity index (χ4n) is 2.49. The van der Waals surface area contributed by atoms with Crippen molar-refractivity contribution in [3.63, 3.8) is 0 Å². The standard InChI is InChI=1S/C14H16BrF3O2/c1-12(2,7-13(8-20-13)14(16,17)18)10-5-4-9(15)6-11(10)19-3/h4-6H,7-8H2,1-3H3. The number of ether oxygens (including phenoxy) is 2. The first-order valence-electron chi connectivity index (χ1n) is 6.16. The Balaban J connectivity index is 2.32. The van der Waals surface area contributed by atoms with Gasteiger partial charge in [0, 0.05) is 4.47 Å². The average Bonchev–Trinajstić information content (AvgIpc) is 3.08. The van der Waals surface area contributed by atoms with Crippen molar-refractivity contribution in [3.05, 3.63) is 28.2 Å². The minimum Gasteiger partial charge on any atom is -0.496 e. The van der Waals surface area contributed by atoms with Crippen LogP contribution in [0, 0.1) is 0 Å². The largest absolute Gasteiger partial charge is 0.496 e. The van der Waals surface area contributed by atoms with Gasteiger partial charge in [-0.3, -0.25) is 0 Å². The van der Waals surface area contributed by atoms with E-state index in [-0.39, 0.29) is 13.0 Å². The molecular weight excluding hydrogens is 337 g/mol. The maximum atomic E-state index is 13.0. The van der Waals surface area contributed by atoms with Crippen LogP contribution in [0.1, 0.15) is 25.8 Å². The molecule has 0 bridgehead atoms. The molecule has 20 heavy (non-hydrogen) atoms. The number of halogens is 4. The predicted molar refractivity (Wildman–Crippen MR) is 73.1 cm³/mol. The molecule has 1 fully saturated rings. The highest BCUT2D eigenvalue weighted by molar-refractivity contribution is 9.10. The van der Waals surface area contributed by atoms with Gasteiger partial charge in [0.15, 0.2) is 5.60 Å². The molecule has 0 saturated carbocycles. The first kappa shape index (κ1) is 15.6. The molecule has 1 aromatic rings. The Morgan fingerprint density at radius 2 is 1.95 bits per heavy atom. The van der Waals surface area contributed by atoms with Gasteiger partial charge in [-0.25, -0.2) is 0 Å². The van der Waals surface area contributed by atoms with E-state index < -0.39 is 17.2 Å². The SMILES string of the molecule is COc1cc(Br)ccc1C(C)(C)CC1(C(F)(F)F)CO1. The summed E-state index contributed by atoms with van der Waals surface area (Å²) in [6.45, 7) is 3.28. The molecule has 0 aliphatic carbocycles. The monoisotopic (exact) mass is 352 g/mol. The van der Waals surface area contributed by atoms with Crippen LogP contribution in [0.4, 0.5) is 13.2 Å². The maximum Gasteiger partial charge on any atom is 0.419 e. The molecule has 6 heteroatoms. The summed E-state index contributed by atoms with van der Waals surface area (Å²) < 4.78 is 49.9. The van der Waals surface area contributed by atoms with Crippen molar-refractivity contribution in [1.82, 2.24) is 0 Å². The Kier molecular flexibility index (Phi) is 3.84. The smallest absolute Gasteiger partial charge is 0.419 e. The second-order valence-electron chi connectivity index (χ2n) is 5.69. The molecule has 1 aliphatic rings. The molecule has 1 saturated heterocycles. The predicted octanol–water partition coefficient (Wildman–Crippen LogP) is 4.46. The molecule has 1 aliphatic heterocycles. The van der Waals surface area contributed by atoms with E-state index >= 15 is 0 Å². The van der Waals surface area contributed by atoms with Crippen LogP contribution in [0.5, 0.6) is 5.75 Å². The highest BCUT2D eigenvalue weighted by Gasteiger charge is 2.67. The van der Waals surface area contributed by atoms with Gasteiger partial charge < -0.3 is 9.47 Å². The highest BCUT2D eigenvalue weighted by atomic mass is 79.9. The van der Waals surface area contributed by atoms with Crippen molar-refractivity contribution in [3.8, 4) is 5.75 Å². The number of alkyl halides is 3. The van der Waals surface area contributed by atoms with E-state index in [1.54, 1.807) is 32.0 Å². The fraction of sp³-hybridized carbons (Fsp3) is 0.571. The summed E-state index contributed by atoms with van der Waals surface area (Å²) >= 11 is 3.32. The maximum absolute atomic E-state index is 13.0. The van der Waals surface area contributed by atoms with Gasteiger partial charge in [0.25, 0.3) is 0 Å². The molecule has 2 rings (SSSR count). The average molecular weight is 353 g/mol. The van der Waals surface area contributed by atoms with Crippen LogP contribution >= 0.6 is 15.9 Å². The van der Waals surface area contributed by atoms with Gasteiger partial charge >= 0.3 is 6.18 Å². The minimum atomic E-state index is -4.34. The molecule has 0 spiro atoms. The third-order valence-corrected chi connectivity index (χ3v) is 4.12. The van der Waals surface area contributed by atoms with Gasteiger partial charge in [0.2, 0.25) is 0 Å². The fourth-order valence-corrected chi connectivity index (χ4v) is 2.83. The van der Waals surface area contributed by atoms with E-state index in [1.165, 1.54) is 7.11 Å². The Bertz CT molecular complexity index is 508. The summed E-state index contributed by atoms with van der Waals surface area (Å²) in [7, 11) is 1.51. The number of rotatable bonds is 4. The van der Waals surface area contributed by atoms with Gasteiger partial charge in [-0.1, -0.05) is 35.8 Å². The highest BCUT2D eigenvalue weighted by Crippen LogP contribution is 2.52. The van der Waals surface area contributed by atoms with Crippen LogP contribution in [0.3, 0.4) is 0 Å². The molecule has 0 amide bonds. The van der Waals surface area contributed by atoms with E-state index in [0.29, 0.717) is 5.75 Å². The lowest BCUT2D eigenvalue weighted by Crippen LogP contribution is -2.39. The summed E-state index contributed by atoms with van der Waals surface area (Å²) in [4.78, 5) is 0. The molecule has 1 atom stereocenters. The molecule has 2 nitrogen and oxygen atoms in total. The van der Waals surface area contributed by atoms with Crippen molar-refractivity contribution in [2.24, 2.45) is 0 Å². The van der Waals surface area contributed by atoms with Crippen molar-refractivity contribution in [2.45, 2.75) is 37.5 Å². The molecule has 1 aromatic carbocycles. The van der Waals surface area contributed by atoms with Crippen LogP contribution < -0.4 is 4.74 Å². The lowest BCUT2D eigenvalue weighted by Gasteiger charge is -2.31. The molecule has 1 heterocycles. The third kappa shape index (κ3) is 2.81. The third-order valence-electron chi connectivity index (χ3n) is 3.63. The minimum absolute atomic E-state index is 0.124. The van der Waals surface area contributed by atoms with Gasteiger partial charge in [0.1, 0.15) is 5.75 Å². The van der Waals surface area contributed by atoms with E-state index in [1.807, 2.05) is 0 Å². The summed E-state index contributed by atoms with van der Waals surface area (Å²) in [6.07, 6.45) is -4.46. The summed E-state index contributed by atoms with van der Waals surface area (Å²) in [5, 5.41) is 0. The second-order valence-corrected chi connectivity index (χ2v) is 6.60. The zero-order valence-electron chi connectivity index (χ0n) is 11.5. The molecular formula is C14H16BrF3O2. The van der Waals surface area contributed by atoms with Crippen LogP contribution in [-0.4, -0.2) is 25.5 Å². The van der Waals surface area contributed by atoms with E-state index in [0.717, 1.165) is 10.0 Å². The van der Waals surface area contributed by atoms with Crippen LogP contribution in [0.15, 0.2) is 22.7 Å². The Morgan fingerprint density at radius 3 is 2.40 bits per heavy atom. The van der Waals surface area contributed by atoms with Gasteiger partial charge in [-0.2, -0.15) is 13.2 Å². The van der Waals surface area contributed by atoms with E-state index in [9.17, 15) is 13.2 Å². The Morgan fingerprint density at radius 1 is 1.35 bits per heavy atom. The van der Waals surface area contributed by atoms with E-state index in [4.69, 9.17) is 9.47 Å². The number of hydrogen-bond acceptors (Lipinski definition) is 2. The first-order chi connectivity index (χ1) is 9.11. The van der Waals surface area contributed by atoms with Crippen molar-refractivity contribution in [1.29, 1.82) is 0 Å². The Labute approximate surface area is 124 Å². The molecule has 1 unspecified atom stereocenters. The lowest BCUT2D eigenvalue weighted by molar-refractivity contribution is -0.188. The summed E-state index contributed by atoms with van der Waals surface area (Å²) in [5.41, 5.74) is -1.98. The molecule has 0 N–H and O–H groups in total. The van der Waals surface area contributed by atoms with Crippen molar-refractivity contribution < 1.29 is 22.6 Å². The van der Waals surface area contributed by atoms with Crippen LogP contribution in [0.25, 0.3) is 0 Å². The zero-order valence-corrected chi connectivity index (χ0v) is 13.1. The van der Waals surface area contributed by atoms with E-state index in [2.05, 4.69) is 15.9 Å². The quantitative estimate of drug-likeness (QED) is 0.746. The lowest BCUT2D eigenvalue weighted by atomic mass is 9.76. The topological polar surface area (TPSA) is 21.8 Å². The van der Waals surface area contributed by atoms with Gasteiger partial charge in [0.05, 0.1) is 13.7 Å². The molecule has 112 valence electrons. The number of epoxide rings is 1.